The first kappa shape index (κ1) is 8.31. The summed E-state index contributed by atoms with van der Waals surface area (Å²) in [6, 6.07) is 0. The summed E-state index contributed by atoms with van der Waals surface area (Å²) in [5.41, 5.74) is 0. The van der Waals surface area contributed by atoms with Crippen LogP contribution in [0.5, 0.6) is 0 Å². The van der Waals surface area contributed by atoms with Gasteiger partial charge in [0.15, 0.2) is 0 Å². The highest BCUT2D eigenvalue weighted by Gasteiger charge is 1.97. The molecule has 1 atom stereocenters. The third kappa shape index (κ3) is 4.47. The maximum Gasteiger partial charge on any atom is 0.128 e. The minimum atomic E-state index is 0.0150. The second-order valence-corrected chi connectivity index (χ2v) is 3.26. The van der Waals surface area contributed by atoms with Crippen molar-refractivity contribution in [1.29, 1.82) is 0 Å². The zero-order chi connectivity index (χ0) is 6.41. The zero-order valence-electron chi connectivity index (χ0n) is 5.52. The zero-order valence-corrected chi connectivity index (χ0v) is 6.33. The molecule has 0 N–H and O–H groups in total. The lowest BCUT2D eigenvalue weighted by molar-refractivity contribution is 0.260. The van der Waals surface area contributed by atoms with E-state index >= 15 is 0 Å². The molecule has 0 saturated heterocycles. The van der Waals surface area contributed by atoms with Gasteiger partial charge in [-0.2, -0.15) is 0 Å². The summed E-state index contributed by atoms with van der Waals surface area (Å²) in [7, 11) is 0. The summed E-state index contributed by atoms with van der Waals surface area (Å²) in [6.07, 6.45) is 2.36. The van der Waals surface area contributed by atoms with E-state index in [9.17, 15) is 5.11 Å². The average molecular weight is 133 g/mol. The highest BCUT2D eigenvalue weighted by molar-refractivity contribution is 7.99. The number of thioether (sulfide) groups is 1. The van der Waals surface area contributed by atoms with Crippen molar-refractivity contribution in [3.8, 4) is 0 Å². The lowest BCUT2D eigenvalue weighted by atomic mass is 10.3. The molecule has 8 heavy (non-hydrogen) atoms. The Hall–Kier alpha value is 0.310. The van der Waals surface area contributed by atoms with Crippen LogP contribution in [0.1, 0.15) is 26.7 Å². The Bertz CT molecular complexity index is 41.8. The monoisotopic (exact) mass is 133 g/mol. The number of hydrogen-bond acceptors (Lipinski definition) is 1. The molecule has 1 unspecified atom stereocenters. The molecule has 0 saturated carbocycles. The molecule has 1 radical (unpaired) electrons. The molecule has 0 aromatic rings. The predicted molar refractivity (Wildman–Crippen MR) is 37.5 cm³/mol. The van der Waals surface area contributed by atoms with E-state index in [4.69, 9.17) is 0 Å². The van der Waals surface area contributed by atoms with Crippen LogP contribution < -0.4 is 0 Å². The molecule has 0 heterocycles. The Morgan fingerprint density at radius 3 is 2.62 bits per heavy atom. The van der Waals surface area contributed by atoms with Gasteiger partial charge in [-0.15, -0.1) is 11.8 Å². The molecule has 0 aliphatic heterocycles. The van der Waals surface area contributed by atoms with Crippen LogP contribution in [0.15, 0.2) is 0 Å². The van der Waals surface area contributed by atoms with Crippen LogP contribution in [-0.4, -0.2) is 11.2 Å². The summed E-state index contributed by atoms with van der Waals surface area (Å²) in [4.78, 5) is 0. The van der Waals surface area contributed by atoms with Gasteiger partial charge in [0.2, 0.25) is 0 Å². The van der Waals surface area contributed by atoms with Crippen LogP contribution in [0.4, 0.5) is 0 Å². The fraction of sp³-hybridized carbons (Fsp3) is 1.00. The van der Waals surface area contributed by atoms with E-state index in [0.29, 0.717) is 5.25 Å². The molecule has 2 heteroatoms. The van der Waals surface area contributed by atoms with E-state index in [1.807, 2.05) is 0 Å². The van der Waals surface area contributed by atoms with Gasteiger partial charge in [-0.3, -0.25) is 0 Å². The molecule has 0 amide bonds. The van der Waals surface area contributed by atoms with Crippen molar-refractivity contribution in [2.75, 3.05) is 5.94 Å². The van der Waals surface area contributed by atoms with Gasteiger partial charge in [0, 0.05) is 5.25 Å². The molecule has 0 aromatic heterocycles. The van der Waals surface area contributed by atoms with Crippen molar-refractivity contribution in [1.82, 2.24) is 0 Å². The molecule has 0 spiro atoms. The SMILES string of the molecule is CCCC(C)SC[O]. The van der Waals surface area contributed by atoms with E-state index in [1.54, 1.807) is 0 Å². The maximum atomic E-state index is 9.98. The highest BCUT2D eigenvalue weighted by Crippen LogP contribution is 2.13. The second-order valence-electron chi connectivity index (χ2n) is 1.88. The molecule has 0 bridgehead atoms. The minimum absolute atomic E-state index is 0.0150. The molecule has 49 valence electrons. The third-order valence-electron chi connectivity index (χ3n) is 1.05. The van der Waals surface area contributed by atoms with Crippen molar-refractivity contribution >= 4 is 11.8 Å². The maximum absolute atomic E-state index is 9.98. The molecule has 0 fully saturated rings. The van der Waals surface area contributed by atoms with Gasteiger partial charge < -0.3 is 0 Å². The smallest absolute Gasteiger partial charge is 0.128 e. The third-order valence-corrected chi connectivity index (χ3v) is 1.99. The first-order valence-corrected chi connectivity index (χ1v) is 4.05. The normalized spacial score (nSPS) is 13.9. The first-order chi connectivity index (χ1) is 3.81. The van der Waals surface area contributed by atoms with Crippen LogP contribution in [-0.2, 0) is 5.11 Å². The fourth-order valence-electron chi connectivity index (χ4n) is 0.606. The summed E-state index contributed by atoms with van der Waals surface area (Å²) in [6.45, 7) is 4.24. The van der Waals surface area contributed by atoms with Crippen molar-refractivity contribution in [2.24, 2.45) is 0 Å². The van der Waals surface area contributed by atoms with Gasteiger partial charge in [-0.05, 0) is 6.42 Å². The molecule has 0 aliphatic rings. The summed E-state index contributed by atoms with van der Waals surface area (Å²) in [5.74, 6) is 0.0150. The van der Waals surface area contributed by atoms with E-state index < -0.39 is 0 Å². The largest absolute Gasteiger partial charge is 0.225 e. The van der Waals surface area contributed by atoms with Crippen molar-refractivity contribution in [2.45, 2.75) is 31.9 Å². The Kier molecular flexibility index (Phi) is 5.66. The highest BCUT2D eigenvalue weighted by atomic mass is 32.2. The minimum Gasteiger partial charge on any atom is -0.225 e. The van der Waals surface area contributed by atoms with Gasteiger partial charge in [0.25, 0.3) is 0 Å². The Balaban J connectivity index is 2.92. The van der Waals surface area contributed by atoms with Gasteiger partial charge in [0.05, 0.1) is 0 Å². The van der Waals surface area contributed by atoms with Crippen molar-refractivity contribution in [3.05, 3.63) is 0 Å². The Morgan fingerprint density at radius 2 is 2.25 bits per heavy atom. The molecule has 0 aromatic carbocycles. The summed E-state index contributed by atoms with van der Waals surface area (Å²) in [5, 5.41) is 10.5. The predicted octanol–water partition coefficient (Wildman–Crippen LogP) is 2.30. The van der Waals surface area contributed by atoms with E-state index in [-0.39, 0.29) is 5.94 Å². The van der Waals surface area contributed by atoms with Gasteiger partial charge in [-0.25, -0.2) is 5.11 Å². The van der Waals surface area contributed by atoms with Crippen molar-refractivity contribution in [3.63, 3.8) is 0 Å². The quantitative estimate of drug-likeness (QED) is 0.539. The fourth-order valence-corrected chi connectivity index (χ4v) is 1.24. The van der Waals surface area contributed by atoms with Crippen LogP contribution >= 0.6 is 11.8 Å². The first-order valence-electron chi connectivity index (χ1n) is 3.01. The molecule has 1 nitrogen and oxygen atoms in total. The van der Waals surface area contributed by atoms with E-state index in [0.717, 1.165) is 0 Å². The lowest BCUT2D eigenvalue weighted by Gasteiger charge is -2.04. The van der Waals surface area contributed by atoms with Crippen LogP contribution in [0, 0.1) is 0 Å². The summed E-state index contributed by atoms with van der Waals surface area (Å²) >= 11 is 1.50. The topological polar surface area (TPSA) is 19.9 Å². The number of rotatable bonds is 4. The van der Waals surface area contributed by atoms with Gasteiger partial charge in [0.1, 0.15) is 5.94 Å². The van der Waals surface area contributed by atoms with Gasteiger partial charge >= 0.3 is 0 Å². The van der Waals surface area contributed by atoms with E-state index in [2.05, 4.69) is 13.8 Å². The molecule has 0 aliphatic carbocycles. The van der Waals surface area contributed by atoms with Gasteiger partial charge in [-0.1, -0.05) is 20.3 Å². The van der Waals surface area contributed by atoms with E-state index in [1.165, 1.54) is 24.6 Å². The lowest BCUT2D eigenvalue weighted by Crippen LogP contribution is -1.94. The number of hydrogen-bond donors (Lipinski definition) is 0. The van der Waals surface area contributed by atoms with Crippen LogP contribution in [0.2, 0.25) is 0 Å². The van der Waals surface area contributed by atoms with Crippen LogP contribution in [0.3, 0.4) is 0 Å². The molecular formula is C6H13OS. The summed E-state index contributed by atoms with van der Waals surface area (Å²) < 4.78 is 0. The Labute approximate surface area is 55.5 Å². The average Bonchev–Trinajstić information content (AvgIpc) is 1.68. The molecule has 0 rings (SSSR count). The van der Waals surface area contributed by atoms with Crippen molar-refractivity contribution < 1.29 is 5.11 Å². The Morgan fingerprint density at radius 1 is 1.62 bits per heavy atom. The standard InChI is InChI=1S/C6H13OS/c1-3-4-6(2)8-5-7/h6H,3-5H2,1-2H3. The molecular weight excluding hydrogens is 120 g/mol. The second kappa shape index (κ2) is 5.45. The van der Waals surface area contributed by atoms with Crippen LogP contribution in [0.25, 0.3) is 0 Å².